The molecule has 0 aromatic heterocycles. The minimum absolute atomic E-state index is 0.113. The predicted octanol–water partition coefficient (Wildman–Crippen LogP) is 0.974. The molecule has 0 heterocycles. The fraction of sp³-hybridized carbons (Fsp3) is 0.375. The lowest BCUT2D eigenvalue weighted by molar-refractivity contribution is 0.590. The molecule has 0 aromatic rings. The molecular formula is C8H12NO2S. The number of allylic oxidation sites excluding steroid dienone is 3. The van der Waals surface area contributed by atoms with E-state index in [0.29, 0.717) is 5.70 Å². The summed E-state index contributed by atoms with van der Waals surface area (Å²) in [6.45, 7) is 1.61. The maximum absolute atomic E-state index is 11.1. The van der Waals surface area contributed by atoms with Gasteiger partial charge in [0.05, 0.1) is 5.75 Å². The van der Waals surface area contributed by atoms with E-state index in [2.05, 4.69) is 4.72 Å². The molecule has 1 aliphatic rings. The van der Waals surface area contributed by atoms with E-state index in [1.807, 2.05) is 18.6 Å². The molecule has 0 bridgehead atoms. The van der Waals surface area contributed by atoms with Crippen LogP contribution in [0.1, 0.15) is 13.3 Å². The molecule has 0 fully saturated rings. The standard InChI is InChI=1S/C8H12NO2S/c1-2-12(10,11)9-8-6-4-3-5-7-8/h3-4,6-7,9H,2,5H2,1H3. The summed E-state index contributed by atoms with van der Waals surface area (Å²) in [6.07, 6.45) is 8.18. The van der Waals surface area contributed by atoms with E-state index in [1.54, 1.807) is 13.0 Å². The van der Waals surface area contributed by atoms with E-state index < -0.39 is 10.0 Å². The van der Waals surface area contributed by atoms with Crippen molar-refractivity contribution in [2.24, 2.45) is 0 Å². The lowest BCUT2D eigenvalue weighted by atomic mass is 10.2. The Morgan fingerprint density at radius 3 is 2.83 bits per heavy atom. The first kappa shape index (κ1) is 9.32. The zero-order chi connectivity index (χ0) is 9.03. The first-order chi connectivity index (χ1) is 5.64. The Kier molecular flexibility index (Phi) is 2.92. The second-order valence-electron chi connectivity index (χ2n) is 2.50. The minimum atomic E-state index is -3.10. The van der Waals surface area contributed by atoms with Gasteiger partial charge in [-0.2, -0.15) is 0 Å². The molecule has 0 saturated heterocycles. The summed E-state index contributed by atoms with van der Waals surface area (Å²) in [5.41, 5.74) is 0.666. The lowest BCUT2D eigenvalue weighted by Gasteiger charge is -2.08. The van der Waals surface area contributed by atoms with Crippen molar-refractivity contribution in [2.75, 3.05) is 5.75 Å². The minimum Gasteiger partial charge on any atom is -0.284 e. The molecule has 1 rings (SSSR count). The maximum Gasteiger partial charge on any atom is 0.232 e. The van der Waals surface area contributed by atoms with Crippen LogP contribution in [0.5, 0.6) is 0 Å². The molecule has 1 N–H and O–H groups in total. The summed E-state index contributed by atoms with van der Waals surface area (Å²) < 4.78 is 24.6. The second-order valence-corrected chi connectivity index (χ2v) is 4.51. The molecule has 0 spiro atoms. The highest BCUT2D eigenvalue weighted by molar-refractivity contribution is 7.89. The molecule has 1 aliphatic carbocycles. The smallest absolute Gasteiger partial charge is 0.232 e. The first-order valence-corrected chi connectivity index (χ1v) is 5.50. The van der Waals surface area contributed by atoms with Gasteiger partial charge in [0.25, 0.3) is 0 Å². The molecule has 12 heavy (non-hydrogen) atoms. The maximum atomic E-state index is 11.1. The van der Waals surface area contributed by atoms with Gasteiger partial charge in [0, 0.05) is 5.70 Å². The third-order valence-corrected chi connectivity index (χ3v) is 2.85. The highest BCUT2D eigenvalue weighted by Crippen LogP contribution is 2.06. The van der Waals surface area contributed by atoms with Gasteiger partial charge in [-0.15, -0.1) is 0 Å². The van der Waals surface area contributed by atoms with Crippen LogP contribution in [0.3, 0.4) is 0 Å². The molecule has 0 aliphatic heterocycles. The molecule has 4 heteroatoms. The van der Waals surface area contributed by atoms with Gasteiger partial charge in [-0.25, -0.2) is 8.42 Å². The number of nitrogens with one attached hydrogen (secondary N) is 1. The normalized spacial score (nSPS) is 17.2. The van der Waals surface area contributed by atoms with Crippen LogP contribution in [-0.2, 0) is 10.0 Å². The molecule has 0 atom stereocenters. The van der Waals surface area contributed by atoms with Crippen LogP contribution in [0.15, 0.2) is 23.9 Å². The van der Waals surface area contributed by atoms with Crippen molar-refractivity contribution in [1.82, 2.24) is 4.72 Å². The zero-order valence-corrected chi connectivity index (χ0v) is 7.76. The van der Waals surface area contributed by atoms with Crippen molar-refractivity contribution < 1.29 is 8.42 Å². The van der Waals surface area contributed by atoms with Crippen molar-refractivity contribution in [2.45, 2.75) is 13.3 Å². The monoisotopic (exact) mass is 186 g/mol. The first-order valence-electron chi connectivity index (χ1n) is 3.84. The van der Waals surface area contributed by atoms with Crippen LogP contribution in [0.25, 0.3) is 0 Å². The number of hydrogen-bond donors (Lipinski definition) is 1. The number of sulfonamides is 1. The van der Waals surface area contributed by atoms with Crippen LogP contribution < -0.4 is 4.72 Å². The fourth-order valence-electron chi connectivity index (χ4n) is 0.841. The summed E-state index contributed by atoms with van der Waals surface area (Å²) in [4.78, 5) is 0. The Hall–Kier alpha value is -0.770. The SMILES string of the molecule is CCS(=O)(=O)NC1=CC[CH]C=C1. The highest BCUT2D eigenvalue weighted by atomic mass is 32.2. The van der Waals surface area contributed by atoms with Gasteiger partial charge in [0.2, 0.25) is 10.0 Å². The van der Waals surface area contributed by atoms with Crippen LogP contribution >= 0.6 is 0 Å². The number of rotatable bonds is 3. The van der Waals surface area contributed by atoms with Gasteiger partial charge >= 0.3 is 0 Å². The quantitative estimate of drug-likeness (QED) is 0.714. The van der Waals surface area contributed by atoms with E-state index in [4.69, 9.17) is 0 Å². The Morgan fingerprint density at radius 1 is 1.58 bits per heavy atom. The van der Waals surface area contributed by atoms with Gasteiger partial charge in [0.1, 0.15) is 0 Å². The topological polar surface area (TPSA) is 46.2 Å². The third-order valence-electron chi connectivity index (χ3n) is 1.54. The van der Waals surface area contributed by atoms with E-state index >= 15 is 0 Å². The Balaban J connectivity index is 2.63. The van der Waals surface area contributed by atoms with Gasteiger partial charge < -0.3 is 0 Å². The van der Waals surface area contributed by atoms with Crippen LogP contribution in [0.2, 0.25) is 0 Å². The number of hydrogen-bond acceptors (Lipinski definition) is 2. The molecule has 0 aromatic carbocycles. The van der Waals surface area contributed by atoms with E-state index in [9.17, 15) is 8.42 Å². The lowest BCUT2D eigenvalue weighted by Crippen LogP contribution is -2.24. The molecule has 1 radical (unpaired) electrons. The van der Waals surface area contributed by atoms with Crippen molar-refractivity contribution >= 4 is 10.0 Å². The van der Waals surface area contributed by atoms with Crippen LogP contribution in [0.4, 0.5) is 0 Å². The van der Waals surface area contributed by atoms with Gasteiger partial charge in [-0.1, -0.05) is 12.2 Å². The Bertz CT molecular complexity index is 301. The van der Waals surface area contributed by atoms with E-state index in [0.717, 1.165) is 6.42 Å². The van der Waals surface area contributed by atoms with E-state index in [1.165, 1.54) is 0 Å². The highest BCUT2D eigenvalue weighted by Gasteiger charge is 2.07. The fourth-order valence-corrected chi connectivity index (χ4v) is 1.50. The largest absolute Gasteiger partial charge is 0.284 e. The molecular weight excluding hydrogens is 174 g/mol. The van der Waals surface area contributed by atoms with Gasteiger partial charge in [-0.3, -0.25) is 4.72 Å². The molecule has 0 saturated carbocycles. The Morgan fingerprint density at radius 2 is 2.33 bits per heavy atom. The van der Waals surface area contributed by atoms with Gasteiger partial charge in [-0.05, 0) is 25.8 Å². The molecule has 0 amide bonds. The molecule has 67 valence electrons. The van der Waals surface area contributed by atoms with Crippen molar-refractivity contribution in [3.8, 4) is 0 Å². The Labute approximate surface area is 73.2 Å². The van der Waals surface area contributed by atoms with Crippen LogP contribution in [-0.4, -0.2) is 14.2 Å². The van der Waals surface area contributed by atoms with Crippen molar-refractivity contribution in [1.29, 1.82) is 0 Å². The molecule has 0 unspecified atom stereocenters. The third kappa shape index (κ3) is 2.70. The van der Waals surface area contributed by atoms with E-state index in [-0.39, 0.29) is 5.75 Å². The van der Waals surface area contributed by atoms with Crippen LogP contribution in [0, 0.1) is 6.42 Å². The summed E-state index contributed by atoms with van der Waals surface area (Å²) in [7, 11) is -3.10. The summed E-state index contributed by atoms with van der Waals surface area (Å²) in [5, 5.41) is 0. The zero-order valence-electron chi connectivity index (χ0n) is 6.95. The van der Waals surface area contributed by atoms with Crippen molar-refractivity contribution in [3.05, 3.63) is 30.3 Å². The predicted molar refractivity (Wildman–Crippen MR) is 48.7 cm³/mol. The summed E-state index contributed by atoms with van der Waals surface area (Å²) in [5.74, 6) is 0.113. The molecule has 3 nitrogen and oxygen atoms in total. The average molecular weight is 186 g/mol. The average Bonchev–Trinajstić information content (AvgIpc) is 2.06. The van der Waals surface area contributed by atoms with Crippen molar-refractivity contribution in [3.63, 3.8) is 0 Å². The summed E-state index contributed by atoms with van der Waals surface area (Å²) in [6, 6.07) is 0. The summed E-state index contributed by atoms with van der Waals surface area (Å²) >= 11 is 0. The second kappa shape index (κ2) is 3.76. The van der Waals surface area contributed by atoms with Gasteiger partial charge in [0.15, 0.2) is 0 Å².